The number of anilines is 2. The molecule has 11 heteroatoms. The van der Waals surface area contributed by atoms with Gasteiger partial charge in [0.25, 0.3) is 5.91 Å². The molecular formula is C25H36FN5O4S. The number of methoxy groups -OCH3 is 1. The zero-order valence-electron chi connectivity index (χ0n) is 21.9. The number of carbonyl (C=O) groups excluding carboxylic acids is 1. The second-order valence-electron chi connectivity index (χ2n) is 9.38. The normalized spacial score (nSPS) is 16.5. The molecular weight excluding hydrogens is 485 g/mol. The average Bonchev–Trinajstić information content (AvgIpc) is 2.83. The van der Waals surface area contributed by atoms with Crippen LogP contribution in [-0.4, -0.2) is 87.9 Å². The molecule has 1 aliphatic rings. The van der Waals surface area contributed by atoms with Crippen LogP contribution in [0.1, 0.15) is 36.8 Å². The first-order chi connectivity index (χ1) is 17.0. The third kappa shape index (κ3) is 6.12. The molecule has 2 aromatic rings. The standard InChI is InChI=1S/C25H36FN5O4S/c1-7-29(12-13-35-5)24(32)20-15-27-25(28-18(20)4)31-11-10-30(16-22(31)17(2)3)19-8-9-21(26)23(14-19)36(6,33)34/h8-9,14-15,17,22H,7,10-13,16H2,1-6H3/t22-/m0/s1. The van der Waals surface area contributed by atoms with Gasteiger partial charge in [-0.2, -0.15) is 0 Å². The molecule has 1 amide bonds. The molecule has 1 aromatic heterocycles. The van der Waals surface area contributed by atoms with E-state index in [2.05, 4.69) is 28.6 Å². The molecule has 0 radical (unpaired) electrons. The lowest BCUT2D eigenvalue weighted by atomic mass is 9.99. The fourth-order valence-corrected chi connectivity index (χ4v) is 5.17. The third-order valence-corrected chi connectivity index (χ3v) is 7.67. The maximum atomic E-state index is 14.1. The lowest BCUT2D eigenvalue weighted by Gasteiger charge is -2.44. The Labute approximate surface area is 213 Å². The number of nitrogens with zero attached hydrogens (tertiary/aromatic N) is 5. The van der Waals surface area contributed by atoms with Gasteiger partial charge in [-0.05, 0) is 38.0 Å². The van der Waals surface area contributed by atoms with Gasteiger partial charge in [-0.25, -0.2) is 22.8 Å². The van der Waals surface area contributed by atoms with Crippen molar-refractivity contribution in [3.05, 3.63) is 41.5 Å². The van der Waals surface area contributed by atoms with Crippen molar-refractivity contribution >= 4 is 27.4 Å². The van der Waals surface area contributed by atoms with Crippen molar-refractivity contribution in [2.75, 3.05) is 62.5 Å². The van der Waals surface area contributed by atoms with Crippen LogP contribution in [0.15, 0.2) is 29.3 Å². The number of hydrogen-bond donors (Lipinski definition) is 0. The molecule has 1 saturated heterocycles. The van der Waals surface area contributed by atoms with E-state index in [-0.39, 0.29) is 22.8 Å². The number of ether oxygens (including phenoxy) is 1. The molecule has 0 unspecified atom stereocenters. The average molecular weight is 522 g/mol. The summed E-state index contributed by atoms with van der Waals surface area (Å²) in [6, 6.07) is 4.25. The first kappa shape index (κ1) is 27.8. The highest BCUT2D eigenvalue weighted by Crippen LogP contribution is 2.28. The first-order valence-corrected chi connectivity index (χ1v) is 14.0. The number of rotatable bonds is 9. The summed E-state index contributed by atoms with van der Waals surface area (Å²) >= 11 is 0. The van der Waals surface area contributed by atoms with Crippen LogP contribution in [0.25, 0.3) is 0 Å². The van der Waals surface area contributed by atoms with E-state index >= 15 is 0 Å². The van der Waals surface area contributed by atoms with Gasteiger partial charge in [-0.15, -0.1) is 0 Å². The van der Waals surface area contributed by atoms with Crippen LogP contribution in [0, 0.1) is 18.7 Å². The van der Waals surface area contributed by atoms with Crippen molar-refractivity contribution in [2.45, 2.75) is 38.6 Å². The van der Waals surface area contributed by atoms with Gasteiger partial charge in [-0.1, -0.05) is 13.8 Å². The maximum Gasteiger partial charge on any atom is 0.257 e. The number of aromatic nitrogens is 2. The number of halogens is 1. The topological polar surface area (TPSA) is 95.9 Å². The van der Waals surface area contributed by atoms with E-state index in [9.17, 15) is 17.6 Å². The van der Waals surface area contributed by atoms with Crippen molar-refractivity contribution in [1.82, 2.24) is 14.9 Å². The summed E-state index contributed by atoms with van der Waals surface area (Å²) in [4.78, 5) is 27.8. The number of likely N-dealkylation sites (N-methyl/N-ethyl adjacent to an activating group) is 1. The molecule has 198 valence electrons. The summed E-state index contributed by atoms with van der Waals surface area (Å²) in [5, 5.41) is 0. The van der Waals surface area contributed by atoms with Crippen molar-refractivity contribution in [2.24, 2.45) is 5.92 Å². The summed E-state index contributed by atoms with van der Waals surface area (Å²) in [5.41, 5.74) is 1.74. The van der Waals surface area contributed by atoms with Crippen LogP contribution in [0.4, 0.5) is 16.0 Å². The minimum atomic E-state index is -3.68. The van der Waals surface area contributed by atoms with E-state index in [4.69, 9.17) is 9.72 Å². The van der Waals surface area contributed by atoms with Crippen LogP contribution >= 0.6 is 0 Å². The molecule has 2 heterocycles. The summed E-state index contributed by atoms with van der Waals surface area (Å²) in [6.45, 7) is 11.2. The minimum absolute atomic E-state index is 0.0280. The van der Waals surface area contributed by atoms with Gasteiger partial charge in [0.1, 0.15) is 10.7 Å². The Bertz CT molecular complexity index is 1190. The molecule has 1 aromatic carbocycles. The van der Waals surface area contributed by atoms with Gasteiger partial charge in [0.15, 0.2) is 9.84 Å². The Balaban J connectivity index is 1.84. The summed E-state index contributed by atoms with van der Waals surface area (Å²) in [7, 11) is -2.07. The molecule has 0 aliphatic carbocycles. The highest BCUT2D eigenvalue weighted by molar-refractivity contribution is 7.90. The lowest BCUT2D eigenvalue weighted by molar-refractivity contribution is 0.0704. The van der Waals surface area contributed by atoms with Crippen LogP contribution < -0.4 is 9.80 Å². The molecule has 0 spiro atoms. The largest absolute Gasteiger partial charge is 0.383 e. The molecule has 0 N–H and O–H groups in total. The zero-order chi connectivity index (χ0) is 26.6. The van der Waals surface area contributed by atoms with Crippen LogP contribution in [0.2, 0.25) is 0 Å². The molecule has 1 aliphatic heterocycles. The maximum absolute atomic E-state index is 14.1. The predicted molar refractivity (Wildman–Crippen MR) is 138 cm³/mol. The van der Waals surface area contributed by atoms with E-state index in [1.54, 1.807) is 24.3 Å². The zero-order valence-corrected chi connectivity index (χ0v) is 22.7. The van der Waals surface area contributed by atoms with E-state index in [1.807, 2.05) is 13.8 Å². The van der Waals surface area contributed by atoms with Gasteiger partial charge in [0, 0.05) is 58.0 Å². The van der Waals surface area contributed by atoms with Crippen LogP contribution in [0.3, 0.4) is 0 Å². The van der Waals surface area contributed by atoms with Crippen LogP contribution in [0.5, 0.6) is 0 Å². The monoisotopic (exact) mass is 521 g/mol. The third-order valence-electron chi connectivity index (χ3n) is 6.56. The lowest BCUT2D eigenvalue weighted by Crippen LogP contribution is -2.56. The van der Waals surface area contributed by atoms with Crippen molar-refractivity contribution < 1.29 is 22.3 Å². The first-order valence-electron chi connectivity index (χ1n) is 12.1. The number of benzene rings is 1. The Morgan fingerprint density at radius 1 is 1.31 bits per heavy atom. The van der Waals surface area contributed by atoms with Gasteiger partial charge < -0.3 is 19.4 Å². The Morgan fingerprint density at radius 3 is 2.61 bits per heavy atom. The highest BCUT2D eigenvalue weighted by atomic mass is 32.2. The molecule has 3 rings (SSSR count). The van der Waals surface area contributed by atoms with Gasteiger partial charge in [-0.3, -0.25) is 4.79 Å². The number of hydrogen-bond acceptors (Lipinski definition) is 8. The number of aryl methyl sites for hydroxylation is 1. The van der Waals surface area contributed by atoms with Crippen LogP contribution in [-0.2, 0) is 14.6 Å². The second-order valence-corrected chi connectivity index (χ2v) is 11.4. The Morgan fingerprint density at radius 2 is 2.03 bits per heavy atom. The number of carbonyl (C=O) groups is 1. The molecule has 0 saturated carbocycles. The van der Waals surface area contributed by atoms with Gasteiger partial charge in [0.2, 0.25) is 5.95 Å². The smallest absolute Gasteiger partial charge is 0.257 e. The van der Waals surface area contributed by atoms with Gasteiger partial charge in [0.05, 0.1) is 23.9 Å². The van der Waals surface area contributed by atoms with E-state index in [1.165, 1.54) is 12.1 Å². The van der Waals surface area contributed by atoms with Crippen molar-refractivity contribution in [3.63, 3.8) is 0 Å². The van der Waals surface area contributed by atoms with Crippen molar-refractivity contribution in [3.8, 4) is 0 Å². The Hall–Kier alpha value is -2.79. The summed E-state index contributed by atoms with van der Waals surface area (Å²) in [5.74, 6) is -0.0831. The Kier molecular flexibility index (Phi) is 8.89. The number of sulfone groups is 1. The quantitative estimate of drug-likeness (QED) is 0.497. The fourth-order valence-electron chi connectivity index (χ4n) is 4.41. The highest BCUT2D eigenvalue weighted by Gasteiger charge is 2.32. The predicted octanol–water partition coefficient (Wildman–Crippen LogP) is 2.79. The number of piperazine rings is 1. The number of amides is 1. The second kappa shape index (κ2) is 11.5. The summed E-state index contributed by atoms with van der Waals surface area (Å²) < 4.78 is 43.2. The van der Waals surface area contributed by atoms with E-state index in [0.29, 0.717) is 62.2 Å². The fraction of sp³-hybridized carbons (Fsp3) is 0.560. The summed E-state index contributed by atoms with van der Waals surface area (Å²) in [6.07, 6.45) is 2.60. The SMILES string of the molecule is CCN(CCOC)C(=O)c1cnc(N2CCN(c3ccc(F)c(S(C)(=O)=O)c3)C[C@H]2C(C)C)nc1C. The molecule has 36 heavy (non-hydrogen) atoms. The minimum Gasteiger partial charge on any atom is -0.383 e. The van der Waals surface area contributed by atoms with Gasteiger partial charge >= 0.3 is 0 Å². The molecule has 1 fully saturated rings. The molecule has 9 nitrogen and oxygen atoms in total. The van der Waals surface area contributed by atoms with E-state index in [0.717, 1.165) is 6.26 Å². The molecule has 0 bridgehead atoms. The van der Waals surface area contributed by atoms with E-state index < -0.39 is 15.7 Å². The van der Waals surface area contributed by atoms with Crippen molar-refractivity contribution in [1.29, 1.82) is 0 Å². The molecule has 1 atom stereocenters.